The molecular weight excluding hydrogens is 276 g/mol. The zero-order chi connectivity index (χ0) is 14.6. The molecule has 0 saturated carbocycles. The first-order valence-corrected chi connectivity index (χ1v) is 8.48. The summed E-state index contributed by atoms with van der Waals surface area (Å²) in [7, 11) is -1.97. The molecule has 1 aromatic rings. The van der Waals surface area contributed by atoms with Crippen LogP contribution >= 0.6 is 0 Å². The second-order valence-corrected chi connectivity index (χ2v) is 6.94. The third-order valence-corrected chi connectivity index (χ3v) is 5.27. The van der Waals surface area contributed by atoms with Crippen molar-refractivity contribution >= 4 is 15.7 Å². The van der Waals surface area contributed by atoms with Gasteiger partial charge in [0, 0.05) is 24.9 Å². The van der Waals surface area contributed by atoms with Gasteiger partial charge in [0.1, 0.15) is 0 Å². The Balaban J connectivity index is 2.20. The summed E-state index contributed by atoms with van der Waals surface area (Å²) in [5.74, 6) is 0. The Morgan fingerprint density at radius 1 is 1.30 bits per heavy atom. The topological polar surface area (TPSA) is 69.6 Å². The third-order valence-electron chi connectivity index (χ3n) is 3.84. The minimum atomic E-state index is -3.38. The van der Waals surface area contributed by atoms with Crippen LogP contribution in [0.5, 0.6) is 0 Å². The summed E-state index contributed by atoms with van der Waals surface area (Å²) in [6.07, 6.45) is 4.17. The predicted octanol–water partition coefficient (Wildman–Crippen LogP) is 1.34. The Kier molecular flexibility index (Phi) is 5.01. The lowest BCUT2D eigenvalue weighted by molar-refractivity contribution is 0.262. The highest BCUT2D eigenvalue weighted by Crippen LogP contribution is 2.27. The summed E-state index contributed by atoms with van der Waals surface area (Å²) in [4.78, 5) is 2.55. The number of anilines is 1. The van der Waals surface area contributed by atoms with E-state index >= 15 is 0 Å². The van der Waals surface area contributed by atoms with E-state index in [2.05, 4.69) is 9.62 Å². The average molecular weight is 298 g/mol. The molecule has 1 aliphatic heterocycles. The Hall–Kier alpha value is -1.11. The molecule has 5 nitrogen and oxygen atoms in total. The molecule has 0 amide bonds. The lowest BCUT2D eigenvalue weighted by atomic mass is 9.99. The van der Waals surface area contributed by atoms with E-state index in [1.165, 1.54) is 13.5 Å². The molecular formula is C14H22N2O3S. The normalized spacial score (nSPS) is 20.1. The number of rotatable bonds is 5. The van der Waals surface area contributed by atoms with Crippen LogP contribution in [0.1, 0.15) is 25.7 Å². The number of aliphatic hydroxyl groups excluding tert-OH is 1. The van der Waals surface area contributed by atoms with Crippen molar-refractivity contribution in [2.24, 2.45) is 0 Å². The van der Waals surface area contributed by atoms with Gasteiger partial charge in [0.25, 0.3) is 0 Å². The van der Waals surface area contributed by atoms with E-state index in [4.69, 9.17) is 5.11 Å². The summed E-state index contributed by atoms with van der Waals surface area (Å²) in [6, 6.07) is 7.30. The van der Waals surface area contributed by atoms with Crippen molar-refractivity contribution in [3.63, 3.8) is 0 Å². The zero-order valence-electron chi connectivity index (χ0n) is 11.7. The van der Waals surface area contributed by atoms with Crippen LogP contribution in [-0.2, 0) is 10.0 Å². The van der Waals surface area contributed by atoms with E-state index in [-0.39, 0.29) is 11.5 Å². The maximum Gasteiger partial charge on any atom is 0.240 e. The summed E-state index contributed by atoms with van der Waals surface area (Å²) >= 11 is 0. The van der Waals surface area contributed by atoms with Gasteiger partial charge < -0.3 is 10.0 Å². The highest BCUT2D eigenvalue weighted by molar-refractivity contribution is 7.89. The molecule has 0 aliphatic carbocycles. The van der Waals surface area contributed by atoms with Crippen molar-refractivity contribution in [3.8, 4) is 0 Å². The van der Waals surface area contributed by atoms with Gasteiger partial charge >= 0.3 is 0 Å². The number of hydrogen-bond acceptors (Lipinski definition) is 4. The van der Waals surface area contributed by atoms with Gasteiger partial charge in [-0.15, -0.1) is 0 Å². The van der Waals surface area contributed by atoms with E-state index in [1.807, 2.05) is 12.1 Å². The van der Waals surface area contributed by atoms with E-state index in [0.29, 0.717) is 6.04 Å². The van der Waals surface area contributed by atoms with Gasteiger partial charge in [0.15, 0.2) is 0 Å². The molecule has 0 aromatic heterocycles. The minimum Gasteiger partial charge on any atom is -0.396 e. The number of nitrogens with one attached hydrogen (secondary N) is 1. The molecule has 1 aromatic carbocycles. The zero-order valence-corrected chi connectivity index (χ0v) is 12.6. The van der Waals surface area contributed by atoms with E-state index < -0.39 is 10.0 Å². The molecule has 1 heterocycles. The fourth-order valence-corrected chi connectivity index (χ4v) is 3.45. The van der Waals surface area contributed by atoms with Crippen LogP contribution in [-0.4, -0.2) is 39.8 Å². The Labute approximate surface area is 120 Å². The largest absolute Gasteiger partial charge is 0.396 e. The van der Waals surface area contributed by atoms with Crippen LogP contribution < -0.4 is 9.62 Å². The van der Waals surface area contributed by atoms with Gasteiger partial charge in [-0.25, -0.2) is 13.1 Å². The second-order valence-electron chi connectivity index (χ2n) is 5.06. The van der Waals surface area contributed by atoms with Crippen molar-refractivity contribution in [2.45, 2.75) is 36.6 Å². The smallest absolute Gasteiger partial charge is 0.240 e. The van der Waals surface area contributed by atoms with Crippen molar-refractivity contribution in [3.05, 3.63) is 24.3 Å². The van der Waals surface area contributed by atoms with E-state index in [0.717, 1.165) is 31.5 Å². The van der Waals surface area contributed by atoms with E-state index in [9.17, 15) is 8.42 Å². The van der Waals surface area contributed by atoms with Crippen LogP contribution in [0.3, 0.4) is 0 Å². The van der Waals surface area contributed by atoms with Crippen molar-refractivity contribution < 1.29 is 13.5 Å². The fraction of sp³-hybridized carbons (Fsp3) is 0.571. The quantitative estimate of drug-likeness (QED) is 0.860. The molecule has 20 heavy (non-hydrogen) atoms. The molecule has 1 atom stereocenters. The van der Waals surface area contributed by atoms with Gasteiger partial charge in [-0.3, -0.25) is 0 Å². The molecule has 1 aliphatic rings. The first-order chi connectivity index (χ1) is 9.58. The van der Waals surface area contributed by atoms with Crippen LogP contribution in [0.25, 0.3) is 0 Å². The summed E-state index contributed by atoms with van der Waals surface area (Å²) in [5.41, 5.74) is 1.03. The highest BCUT2D eigenvalue weighted by Gasteiger charge is 2.22. The van der Waals surface area contributed by atoms with Crippen molar-refractivity contribution in [1.29, 1.82) is 0 Å². The van der Waals surface area contributed by atoms with Crippen LogP contribution in [0, 0.1) is 0 Å². The number of aliphatic hydroxyl groups is 1. The van der Waals surface area contributed by atoms with Gasteiger partial charge in [-0.05, 0) is 57.0 Å². The number of benzene rings is 1. The van der Waals surface area contributed by atoms with Gasteiger partial charge in [0.2, 0.25) is 10.0 Å². The SMILES string of the molecule is CNS(=O)(=O)c1ccc(N2CCCCC2CCO)cc1. The highest BCUT2D eigenvalue weighted by atomic mass is 32.2. The summed E-state index contributed by atoms with van der Waals surface area (Å²) in [6.45, 7) is 1.15. The molecule has 0 radical (unpaired) electrons. The minimum absolute atomic E-state index is 0.188. The molecule has 0 bridgehead atoms. The predicted molar refractivity (Wildman–Crippen MR) is 79.4 cm³/mol. The first-order valence-electron chi connectivity index (χ1n) is 6.99. The number of sulfonamides is 1. The van der Waals surface area contributed by atoms with Crippen LogP contribution in [0.2, 0.25) is 0 Å². The van der Waals surface area contributed by atoms with Crippen LogP contribution in [0.4, 0.5) is 5.69 Å². The van der Waals surface area contributed by atoms with Gasteiger partial charge in [-0.2, -0.15) is 0 Å². The number of nitrogens with zero attached hydrogens (tertiary/aromatic N) is 1. The average Bonchev–Trinajstić information content (AvgIpc) is 2.48. The maximum atomic E-state index is 11.7. The van der Waals surface area contributed by atoms with Crippen molar-refractivity contribution in [2.75, 3.05) is 25.1 Å². The molecule has 112 valence electrons. The standard InChI is InChI=1S/C14H22N2O3S/c1-15-20(18,19)14-7-5-13(6-8-14)16-10-3-2-4-12(16)9-11-17/h5-8,12,15,17H,2-4,9-11H2,1H3. The van der Waals surface area contributed by atoms with Gasteiger partial charge in [-0.1, -0.05) is 0 Å². The molecule has 2 N–H and O–H groups in total. The molecule has 6 heteroatoms. The number of piperidine rings is 1. The second kappa shape index (κ2) is 6.56. The molecule has 2 rings (SSSR count). The number of hydrogen-bond donors (Lipinski definition) is 2. The molecule has 1 fully saturated rings. The molecule has 1 saturated heterocycles. The molecule has 1 unspecified atom stereocenters. The fourth-order valence-electron chi connectivity index (χ4n) is 2.72. The van der Waals surface area contributed by atoms with E-state index in [1.54, 1.807) is 12.1 Å². The lowest BCUT2D eigenvalue weighted by Gasteiger charge is -2.37. The van der Waals surface area contributed by atoms with Gasteiger partial charge in [0.05, 0.1) is 4.90 Å². The lowest BCUT2D eigenvalue weighted by Crippen LogP contribution is -2.40. The summed E-state index contributed by atoms with van der Waals surface area (Å²) in [5, 5.41) is 9.15. The van der Waals surface area contributed by atoms with Crippen LogP contribution in [0.15, 0.2) is 29.2 Å². The third kappa shape index (κ3) is 3.31. The first kappa shape index (κ1) is 15.3. The monoisotopic (exact) mass is 298 g/mol. The van der Waals surface area contributed by atoms with Crippen molar-refractivity contribution in [1.82, 2.24) is 4.72 Å². The Morgan fingerprint density at radius 2 is 2.00 bits per heavy atom. The molecule has 0 spiro atoms. The summed E-state index contributed by atoms with van der Waals surface area (Å²) < 4.78 is 25.7. The Bertz CT molecular complexity index is 526. The Morgan fingerprint density at radius 3 is 2.60 bits per heavy atom. The maximum absolute atomic E-state index is 11.7.